The molecule has 2 aromatic carbocycles. The van der Waals surface area contributed by atoms with E-state index in [9.17, 15) is 9.18 Å². The molecule has 2 aromatic rings. The minimum absolute atomic E-state index is 0.155. The third-order valence-electron chi connectivity index (χ3n) is 2.83. The molecule has 0 aliphatic rings. The van der Waals surface area contributed by atoms with E-state index in [0.717, 1.165) is 0 Å². The molecule has 110 valence electrons. The van der Waals surface area contributed by atoms with Crippen LogP contribution in [0.25, 0.3) is 6.08 Å². The number of nitrogens with zero attached hydrogens (tertiary/aromatic N) is 1. The monoisotopic (exact) mass is 297 g/mol. The van der Waals surface area contributed by atoms with Crippen molar-refractivity contribution in [1.82, 2.24) is 0 Å². The standard InChI is InChI=1S/C17H12FNO3/c1-21-16-11-12(5-4-10-19)8-9-15(16)22-17(20)13-6-2-3-7-14(13)18/h2-9,11H,1H3/b5-4-. The normalized spacial score (nSPS) is 10.2. The maximum atomic E-state index is 13.6. The average molecular weight is 297 g/mol. The number of benzene rings is 2. The van der Waals surface area contributed by atoms with Gasteiger partial charge in [0.25, 0.3) is 0 Å². The molecule has 0 fully saturated rings. The first-order valence-corrected chi connectivity index (χ1v) is 6.36. The number of nitriles is 1. The van der Waals surface area contributed by atoms with Crippen molar-refractivity contribution in [3.8, 4) is 17.6 Å². The van der Waals surface area contributed by atoms with E-state index in [1.165, 1.54) is 37.5 Å². The number of allylic oxidation sites excluding steroid dienone is 1. The molecule has 0 saturated carbocycles. The van der Waals surface area contributed by atoms with E-state index >= 15 is 0 Å². The number of hydrogen-bond donors (Lipinski definition) is 0. The van der Waals surface area contributed by atoms with Crippen LogP contribution < -0.4 is 9.47 Å². The number of carbonyl (C=O) groups is 1. The quantitative estimate of drug-likeness (QED) is 0.491. The number of ether oxygens (including phenoxy) is 2. The molecule has 0 heterocycles. The van der Waals surface area contributed by atoms with Gasteiger partial charge in [-0.25, -0.2) is 9.18 Å². The lowest BCUT2D eigenvalue weighted by molar-refractivity contribution is 0.0725. The molecule has 0 spiro atoms. The number of hydrogen-bond acceptors (Lipinski definition) is 4. The van der Waals surface area contributed by atoms with Crippen LogP contribution in [0.4, 0.5) is 4.39 Å². The summed E-state index contributed by atoms with van der Waals surface area (Å²) in [4.78, 5) is 12.0. The van der Waals surface area contributed by atoms with Crippen LogP contribution >= 0.6 is 0 Å². The summed E-state index contributed by atoms with van der Waals surface area (Å²) in [5.41, 5.74) is 0.557. The van der Waals surface area contributed by atoms with Crippen LogP contribution in [0.3, 0.4) is 0 Å². The van der Waals surface area contributed by atoms with Crippen molar-refractivity contribution >= 4 is 12.0 Å². The Morgan fingerprint density at radius 1 is 1.23 bits per heavy atom. The van der Waals surface area contributed by atoms with Gasteiger partial charge in [0.05, 0.1) is 18.7 Å². The van der Waals surface area contributed by atoms with E-state index in [2.05, 4.69) is 0 Å². The Kier molecular flexibility index (Phi) is 4.89. The lowest BCUT2D eigenvalue weighted by atomic mass is 10.2. The van der Waals surface area contributed by atoms with Gasteiger partial charge in [0.15, 0.2) is 11.5 Å². The highest BCUT2D eigenvalue weighted by Gasteiger charge is 2.15. The Bertz CT molecular complexity index is 763. The first-order valence-electron chi connectivity index (χ1n) is 6.36. The molecule has 5 heteroatoms. The molecular formula is C17H12FNO3. The van der Waals surface area contributed by atoms with Gasteiger partial charge in [-0.05, 0) is 35.9 Å². The van der Waals surface area contributed by atoms with Gasteiger partial charge in [0, 0.05) is 6.08 Å². The van der Waals surface area contributed by atoms with Crippen LogP contribution in [0.15, 0.2) is 48.5 Å². The van der Waals surface area contributed by atoms with Crippen LogP contribution in [0.1, 0.15) is 15.9 Å². The van der Waals surface area contributed by atoms with E-state index in [1.54, 1.807) is 24.3 Å². The van der Waals surface area contributed by atoms with Crippen LogP contribution in [-0.2, 0) is 0 Å². The minimum Gasteiger partial charge on any atom is -0.493 e. The summed E-state index contributed by atoms with van der Waals surface area (Å²) in [6.45, 7) is 0. The molecule has 0 unspecified atom stereocenters. The second-order valence-corrected chi connectivity index (χ2v) is 4.24. The molecule has 4 nitrogen and oxygen atoms in total. The summed E-state index contributed by atoms with van der Waals surface area (Å²) in [5.74, 6) is -0.980. The molecule has 0 saturated heterocycles. The molecule has 0 atom stereocenters. The Labute approximate surface area is 127 Å². The maximum absolute atomic E-state index is 13.6. The summed E-state index contributed by atoms with van der Waals surface area (Å²) in [6, 6.07) is 12.2. The largest absolute Gasteiger partial charge is 0.493 e. The third-order valence-corrected chi connectivity index (χ3v) is 2.83. The third kappa shape index (κ3) is 3.49. The summed E-state index contributed by atoms with van der Waals surface area (Å²) in [5, 5.41) is 8.51. The summed E-state index contributed by atoms with van der Waals surface area (Å²) in [7, 11) is 1.42. The summed E-state index contributed by atoms with van der Waals surface area (Å²) < 4.78 is 23.9. The lowest BCUT2D eigenvalue weighted by Crippen LogP contribution is -2.11. The van der Waals surface area contributed by atoms with E-state index < -0.39 is 11.8 Å². The molecule has 0 bridgehead atoms. The smallest absolute Gasteiger partial charge is 0.346 e. The SMILES string of the molecule is COc1cc(/C=C\C#N)ccc1OC(=O)c1ccccc1F. The van der Waals surface area contributed by atoms with Crippen molar-refractivity contribution in [2.75, 3.05) is 7.11 Å². The van der Waals surface area contributed by atoms with Gasteiger partial charge in [-0.15, -0.1) is 0 Å². The number of methoxy groups -OCH3 is 1. The lowest BCUT2D eigenvalue weighted by Gasteiger charge is -2.10. The second kappa shape index (κ2) is 7.04. The van der Waals surface area contributed by atoms with Gasteiger partial charge in [-0.2, -0.15) is 5.26 Å². The van der Waals surface area contributed by atoms with Crippen LogP contribution in [0.2, 0.25) is 0 Å². The number of halogens is 1. The highest BCUT2D eigenvalue weighted by molar-refractivity contribution is 5.91. The van der Waals surface area contributed by atoms with Gasteiger partial charge < -0.3 is 9.47 Å². The van der Waals surface area contributed by atoms with Gasteiger partial charge >= 0.3 is 5.97 Å². The van der Waals surface area contributed by atoms with Crippen molar-refractivity contribution in [2.24, 2.45) is 0 Å². The number of carbonyl (C=O) groups excluding carboxylic acids is 1. The molecule has 2 rings (SSSR count). The van der Waals surface area contributed by atoms with E-state index in [1.807, 2.05) is 6.07 Å². The molecule has 0 aliphatic heterocycles. The zero-order valence-corrected chi connectivity index (χ0v) is 11.7. The van der Waals surface area contributed by atoms with Gasteiger partial charge in [0.1, 0.15) is 5.82 Å². The Hall–Kier alpha value is -3.13. The number of rotatable bonds is 4. The first kappa shape index (κ1) is 15.3. The van der Waals surface area contributed by atoms with Crippen molar-refractivity contribution in [3.63, 3.8) is 0 Å². The van der Waals surface area contributed by atoms with E-state index in [4.69, 9.17) is 14.7 Å². The van der Waals surface area contributed by atoms with E-state index in [0.29, 0.717) is 11.3 Å². The van der Waals surface area contributed by atoms with Gasteiger partial charge in [-0.1, -0.05) is 18.2 Å². The van der Waals surface area contributed by atoms with E-state index in [-0.39, 0.29) is 11.3 Å². The van der Waals surface area contributed by atoms with Crippen molar-refractivity contribution in [1.29, 1.82) is 5.26 Å². The Morgan fingerprint density at radius 3 is 2.68 bits per heavy atom. The Morgan fingerprint density at radius 2 is 2.00 bits per heavy atom. The van der Waals surface area contributed by atoms with Crippen LogP contribution in [0, 0.1) is 17.1 Å². The fraction of sp³-hybridized carbons (Fsp3) is 0.0588. The van der Waals surface area contributed by atoms with Crippen molar-refractivity contribution in [2.45, 2.75) is 0 Å². The highest BCUT2D eigenvalue weighted by Crippen LogP contribution is 2.29. The zero-order chi connectivity index (χ0) is 15.9. The molecule has 22 heavy (non-hydrogen) atoms. The summed E-state index contributed by atoms with van der Waals surface area (Å²) in [6.07, 6.45) is 2.91. The van der Waals surface area contributed by atoms with Crippen molar-refractivity contribution < 1.29 is 18.7 Å². The maximum Gasteiger partial charge on any atom is 0.346 e. The molecule has 0 radical (unpaired) electrons. The molecule has 0 aliphatic carbocycles. The minimum atomic E-state index is -0.809. The van der Waals surface area contributed by atoms with Crippen molar-refractivity contribution in [3.05, 3.63) is 65.5 Å². The second-order valence-electron chi connectivity index (χ2n) is 4.24. The summed E-state index contributed by atoms with van der Waals surface area (Å²) >= 11 is 0. The topological polar surface area (TPSA) is 59.3 Å². The fourth-order valence-electron chi connectivity index (χ4n) is 1.79. The molecular weight excluding hydrogens is 285 g/mol. The van der Waals surface area contributed by atoms with Crippen LogP contribution in [-0.4, -0.2) is 13.1 Å². The molecule has 0 N–H and O–H groups in total. The predicted octanol–water partition coefficient (Wildman–Crippen LogP) is 3.59. The first-order chi connectivity index (χ1) is 10.7. The predicted molar refractivity (Wildman–Crippen MR) is 79.0 cm³/mol. The van der Waals surface area contributed by atoms with Gasteiger partial charge in [0.2, 0.25) is 0 Å². The fourth-order valence-corrected chi connectivity index (χ4v) is 1.79. The van der Waals surface area contributed by atoms with Gasteiger partial charge in [-0.3, -0.25) is 0 Å². The molecule has 0 amide bonds. The Balaban J connectivity index is 2.26. The zero-order valence-electron chi connectivity index (χ0n) is 11.7. The molecule has 0 aromatic heterocycles. The average Bonchev–Trinajstić information content (AvgIpc) is 2.54. The highest BCUT2D eigenvalue weighted by atomic mass is 19.1. The van der Waals surface area contributed by atoms with Crippen LogP contribution in [0.5, 0.6) is 11.5 Å². The number of esters is 1.